The Hall–Kier alpha value is -3.80. The van der Waals surface area contributed by atoms with Crippen molar-refractivity contribution in [2.24, 2.45) is 0 Å². The van der Waals surface area contributed by atoms with Crippen molar-refractivity contribution in [2.45, 2.75) is 13.3 Å². The van der Waals surface area contributed by atoms with Gasteiger partial charge in [-0.2, -0.15) is 0 Å². The number of amides is 2. The standard InChI is InChI=1S/C24H24N2O4/c1-3-30-21-13-11-20(12-14-21)26-24(28)18-7-9-19(10-8-18)25-23(27)16-17-5-4-6-22(15-17)29-2/h4-15H,3,16H2,1-2H3,(H,25,27)(H,26,28). The molecule has 3 aromatic rings. The second kappa shape index (κ2) is 10.1. The van der Waals surface area contributed by atoms with Gasteiger partial charge in [0.05, 0.1) is 20.1 Å². The summed E-state index contributed by atoms with van der Waals surface area (Å²) in [4.78, 5) is 24.7. The van der Waals surface area contributed by atoms with E-state index in [1.165, 1.54) is 0 Å². The molecule has 0 heterocycles. The van der Waals surface area contributed by atoms with Crippen LogP contribution in [-0.4, -0.2) is 25.5 Å². The molecule has 2 amide bonds. The van der Waals surface area contributed by atoms with Gasteiger partial charge in [-0.25, -0.2) is 0 Å². The van der Waals surface area contributed by atoms with Gasteiger partial charge in [0.1, 0.15) is 11.5 Å². The van der Waals surface area contributed by atoms with Crippen molar-refractivity contribution in [1.29, 1.82) is 0 Å². The Labute approximate surface area is 175 Å². The largest absolute Gasteiger partial charge is 0.497 e. The molecule has 0 spiro atoms. The van der Waals surface area contributed by atoms with Crippen LogP contribution in [0.1, 0.15) is 22.8 Å². The molecule has 0 bridgehead atoms. The molecule has 0 atom stereocenters. The Kier molecular flexibility index (Phi) is 7.05. The van der Waals surface area contributed by atoms with Gasteiger partial charge in [-0.15, -0.1) is 0 Å². The van der Waals surface area contributed by atoms with Crippen molar-refractivity contribution in [3.05, 3.63) is 83.9 Å². The van der Waals surface area contributed by atoms with Crippen LogP contribution in [0, 0.1) is 0 Å². The highest BCUT2D eigenvalue weighted by Gasteiger charge is 2.09. The van der Waals surface area contributed by atoms with E-state index in [9.17, 15) is 9.59 Å². The summed E-state index contributed by atoms with van der Waals surface area (Å²) in [7, 11) is 1.59. The van der Waals surface area contributed by atoms with E-state index in [-0.39, 0.29) is 18.2 Å². The lowest BCUT2D eigenvalue weighted by molar-refractivity contribution is -0.115. The summed E-state index contributed by atoms with van der Waals surface area (Å²) in [5, 5.41) is 5.67. The maximum Gasteiger partial charge on any atom is 0.255 e. The topological polar surface area (TPSA) is 76.7 Å². The van der Waals surface area contributed by atoms with Gasteiger partial charge in [0.2, 0.25) is 5.91 Å². The third kappa shape index (κ3) is 5.85. The summed E-state index contributed by atoms with van der Waals surface area (Å²) in [6.07, 6.45) is 0.233. The van der Waals surface area contributed by atoms with Crippen LogP contribution in [0.25, 0.3) is 0 Å². The average molecular weight is 404 g/mol. The first-order valence-electron chi connectivity index (χ1n) is 9.64. The minimum Gasteiger partial charge on any atom is -0.497 e. The molecule has 0 aliphatic rings. The highest BCUT2D eigenvalue weighted by Crippen LogP contribution is 2.18. The normalized spacial score (nSPS) is 10.2. The first-order valence-corrected chi connectivity index (χ1v) is 9.64. The predicted octanol–water partition coefficient (Wildman–Crippen LogP) is 4.53. The van der Waals surface area contributed by atoms with E-state index >= 15 is 0 Å². The average Bonchev–Trinajstić information content (AvgIpc) is 2.76. The zero-order valence-corrected chi connectivity index (χ0v) is 17.0. The molecule has 30 heavy (non-hydrogen) atoms. The van der Waals surface area contributed by atoms with Crippen LogP contribution in [0.4, 0.5) is 11.4 Å². The number of benzene rings is 3. The molecule has 0 saturated carbocycles. The van der Waals surface area contributed by atoms with Crippen molar-refractivity contribution in [3.8, 4) is 11.5 Å². The van der Waals surface area contributed by atoms with Gasteiger partial charge in [0.15, 0.2) is 0 Å². The predicted molar refractivity (Wildman–Crippen MR) is 117 cm³/mol. The van der Waals surface area contributed by atoms with Gasteiger partial charge in [-0.3, -0.25) is 9.59 Å². The quantitative estimate of drug-likeness (QED) is 0.578. The van der Waals surface area contributed by atoms with Gasteiger partial charge < -0.3 is 20.1 Å². The van der Waals surface area contributed by atoms with Gasteiger partial charge in [-0.1, -0.05) is 12.1 Å². The number of ether oxygens (including phenoxy) is 2. The first-order chi connectivity index (χ1) is 14.6. The summed E-state index contributed by atoms with van der Waals surface area (Å²) < 4.78 is 10.6. The summed E-state index contributed by atoms with van der Waals surface area (Å²) in [6.45, 7) is 2.51. The number of hydrogen-bond donors (Lipinski definition) is 2. The van der Waals surface area contributed by atoms with Crippen LogP contribution in [0.15, 0.2) is 72.8 Å². The van der Waals surface area contributed by atoms with E-state index in [0.717, 1.165) is 11.3 Å². The summed E-state index contributed by atoms with van der Waals surface area (Å²) >= 11 is 0. The Balaban J connectivity index is 1.55. The molecular formula is C24H24N2O4. The van der Waals surface area contributed by atoms with Crippen LogP contribution in [0.2, 0.25) is 0 Å². The minimum absolute atomic E-state index is 0.144. The third-order valence-electron chi connectivity index (χ3n) is 4.35. The van der Waals surface area contributed by atoms with Crippen LogP contribution in [0.3, 0.4) is 0 Å². The van der Waals surface area contributed by atoms with Crippen molar-refractivity contribution in [3.63, 3.8) is 0 Å². The minimum atomic E-state index is -0.228. The first kappa shape index (κ1) is 20.9. The molecule has 3 aromatic carbocycles. The van der Waals surface area contributed by atoms with Gasteiger partial charge in [0.25, 0.3) is 5.91 Å². The van der Waals surface area contributed by atoms with Crippen LogP contribution in [0.5, 0.6) is 11.5 Å². The van der Waals surface area contributed by atoms with Crippen LogP contribution in [-0.2, 0) is 11.2 Å². The number of carbonyl (C=O) groups excluding carboxylic acids is 2. The summed E-state index contributed by atoms with van der Waals surface area (Å²) in [5.41, 5.74) is 2.66. The Morgan fingerprint density at radius 3 is 2.17 bits per heavy atom. The monoisotopic (exact) mass is 404 g/mol. The SMILES string of the molecule is CCOc1ccc(NC(=O)c2ccc(NC(=O)Cc3cccc(OC)c3)cc2)cc1. The van der Waals surface area contributed by atoms with E-state index in [1.54, 1.807) is 55.6 Å². The number of anilines is 2. The number of rotatable bonds is 8. The Morgan fingerprint density at radius 2 is 1.50 bits per heavy atom. The Bertz CT molecular complexity index is 998. The maximum absolute atomic E-state index is 12.4. The molecule has 2 N–H and O–H groups in total. The number of methoxy groups -OCH3 is 1. The molecule has 0 aromatic heterocycles. The van der Waals surface area contributed by atoms with Crippen LogP contribution < -0.4 is 20.1 Å². The van der Waals surface area contributed by atoms with E-state index in [0.29, 0.717) is 29.3 Å². The third-order valence-corrected chi connectivity index (χ3v) is 4.35. The highest BCUT2D eigenvalue weighted by molar-refractivity contribution is 6.04. The molecule has 0 aliphatic carbocycles. The molecular weight excluding hydrogens is 380 g/mol. The number of carbonyl (C=O) groups is 2. The van der Waals surface area contributed by atoms with Crippen LogP contribution >= 0.6 is 0 Å². The molecule has 0 fully saturated rings. The van der Waals surface area contributed by atoms with Crippen molar-refractivity contribution < 1.29 is 19.1 Å². The fourth-order valence-electron chi connectivity index (χ4n) is 2.88. The van der Waals surface area contributed by atoms with Crippen molar-refractivity contribution in [2.75, 3.05) is 24.4 Å². The molecule has 154 valence electrons. The molecule has 0 unspecified atom stereocenters. The lowest BCUT2D eigenvalue weighted by Gasteiger charge is -2.09. The lowest BCUT2D eigenvalue weighted by atomic mass is 10.1. The van der Waals surface area contributed by atoms with E-state index in [1.807, 2.05) is 31.2 Å². The van der Waals surface area contributed by atoms with Crippen molar-refractivity contribution >= 4 is 23.2 Å². The lowest BCUT2D eigenvalue weighted by Crippen LogP contribution is -2.15. The van der Waals surface area contributed by atoms with E-state index in [4.69, 9.17) is 9.47 Å². The van der Waals surface area contributed by atoms with Gasteiger partial charge in [-0.05, 0) is 73.2 Å². The van der Waals surface area contributed by atoms with E-state index in [2.05, 4.69) is 10.6 Å². The molecule has 0 saturated heterocycles. The summed E-state index contributed by atoms with van der Waals surface area (Å²) in [5.74, 6) is 1.09. The smallest absolute Gasteiger partial charge is 0.255 e. The molecule has 6 heteroatoms. The van der Waals surface area contributed by atoms with Gasteiger partial charge >= 0.3 is 0 Å². The molecule has 0 radical (unpaired) electrons. The number of nitrogens with one attached hydrogen (secondary N) is 2. The highest BCUT2D eigenvalue weighted by atomic mass is 16.5. The van der Waals surface area contributed by atoms with Gasteiger partial charge in [0, 0.05) is 16.9 Å². The fourth-order valence-corrected chi connectivity index (χ4v) is 2.88. The summed E-state index contributed by atoms with van der Waals surface area (Å²) in [6, 6.07) is 21.3. The maximum atomic E-state index is 12.4. The second-order valence-corrected chi connectivity index (χ2v) is 6.57. The zero-order valence-electron chi connectivity index (χ0n) is 17.0. The molecule has 3 rings (SSSR count). The number of hydrogen-bond acceptors (Lipinski definition) is 4. The molecule has 0 aliphatic heterocycles. The second-order valence-electron chi connectivity index (χ2n) is 6.57. The molecule has 6 nitrogen and oxygen atoms in total. The zero-order chi connectivity index (χ0) is 21.3. The van der Waals surface area contributed by atoms with Crippen molar-refractivity contribution in [1.82, 2.24) is 0 Å². The fraction of sp³-hybridized carbons (Fsp3) is 0.167. The van der Waals surface area contributed by atoms with E-state index < -0.39 is 0 Å². The Morgan fingerprint density at radius 1 is 0.833 bits per heavy atom.